The second-order valence-electron chi connectivity index (χ2n) is 6.20. The molecule has 1 N–H and O–H groups in total. The maximum Gasteiger partial charge on any atom is 0.255 e. The van der Waals surface area contributed by atoms with Gasteiger partial charge in [-0.15, -0.1) is 0 Å². The van der Waals surface area contributed by atoms with Crippen LogP contribution >= 0.6 is 27.5 Å². The van der Waals surface area contributed by atoms with E-state index < -0.39 is 17.5 Å². The smallest absolute Gasteiger partial charge is 0.255 e. The maximum atomic E-state index is 14.3. The zero-order chi connectivity index (χ0) is 20.7. The van der Waals surface area contributed by atoms with Crippen molar-refractivity contribution in [2.75, 3.05) is 5.32 Å². The minimum Gasteiger partial charge on any atom is -0.434 e. The Labute approximate surface area is 176 Å². The van der Waals surface area contributed by atoms with Crippen molar-refractivity contribution in [1.82, 2.24) is 9.97 Å². The third-order valence-corrected chi connectivity index (χ3v) is 4.97. The van der Waals surface area contributed by atoms with E-state index in [1.165, 1.54) is 24.3 Å². The van der Waals surface area contributed by atoms with Gasteiger partial charge in [-0.1, -0.05) is 11.6 Å². The van der Waals surface area contributed by atoms with Crippen molar-refractivity contribution >= 4 is 50.4 Å². The molecule has 0 radical (unpaired) electrons. The van der Waals surface area contributed by atoms with Crippen LogP contribution in [0.3, 0.4) is 0 Å². The molecule has 0 atom stereocenters. The zero-order valence-corrected chi connectivity index (χ0v) is 17.1. The van der Waals surface area contributed by atoms with E-state index >= 15 is 0 Å². The van der Waals surface area contributed by atoms with Gasteiger partial charge < -0.3 is 9.73 Å². The van der Waals surface area contributed by atoms with Gasteiger partial charge in [0.2, 0.25) is 5.89 Å². The Balaban J connectivity index is 1.72. The second kappa shape index (κ2) is 7.53. The van der Waals surface area contributed by atoms with Crippen molar-refractivity contribution in [3.05, 3.63) is 74.9 Å². The molecule has 5 nitrogen and oxygen atoms in total. The molecule has 0 bridgehead atoms. The summed E-state index contributed by atoms with van der Waals surface area (Å²) in [6.45, 7) is 1.69. The molecule has 0 saturated heterocycles. The minimum atomic E-state index is -0.636. The van der Waals surface area contributed by atoms with E-state index in [1.807, 2.05) is 0 Å². The van der Waals surface area contributed by atoms with Gasteiger partial charge in [-0.3, -0.25) is 4.79 Å². The lowest BCUT2D eigenvalue weighted by atomic mass is 10.1. The first kappa shape index (κ1) is 19.5. The van der Waals surface area contributed by atoms with Gasteiger partial charge in [-0.05, 0) is 58.7 Å². The van der Waals surface area contributed by atoms with Gasteiger partial charge in [0.25, 0.3) is 5.91 Å². The second-order valence-corrected chi connectivity index (χ2v) is 7.53. The molecular formula is C20H11BrClF2N3O2. The lowest BCUT2D eigenvalue weighted by Crippen LogP contribution is -2.13. The molecule has 0 aliphatic carbocycles. The summed E-state index contributed by atoms with van der Waals surface area (Å²) in [4.78, 5) is 20.9. The summed E-state index contributed by atoms with van der Waals surface area (Å²) >= 11 is 9.03. The summed E-state index contributed by atoms with van der Waals surface area (Å²) < 4.78 is 34.0. The summed E-state index contributed by atoms with van der Waals surface area (Å²) in [5, 5.41) is 2.43. The number of hydrogen-bond acceptors (Lipinski definition) is 4. The molecule has 2 heterocycles. The summed E-state index contributed by atoms with van der Waals surface area (Å²) in [5.74, 6) is -1.62. The summed E-state index contributed by atoms with van der Waals surface area (Å²) in [5.41, 5.74) is 2.08. The highest BCUT2D eigenvalue weighted by atomic mass is 79.9. The molecular weight excluding hydrogens is 468 g/mol. The Kier molecular flexibility index (Phi) is 5.06. The van der Waals surface area contributed by atoms with Crippen LogP contribution in [0.1, 0.15) is 15.9 Å². The van der Waals surface area contributed by atoms with Crippen LogP contribution in [0.5, 0.6) is 0 Å². The molecule has 0 aliphatic heterocycles. The van der Waals surface area contributed by atoms with Crippen LogP contribution in [-0.4, -0.2) is 15.9 Å². The van der Waals surface area contributed by atoms with E-state index in [4.69, 9.17) is 16.0 Å². The van der Waals surface area contributed by atoms with Gasteiger partial charge in [0.1, 0.15) is 11.6 Å². The number of carbonyl (C=O) groups excluding carboxylic acids is 1. The number of benzene rings is 2. The first-order chi connectivity index (χ1) is 13.8. The number of carbonyl (C=O) groups is 1. The highest BCUT2D eigenvalue weighted by Gasteiger charge is 2.18. The Morgan fingerprint density at radius 3 is 2.76 bits per heavy atom. The lowest BCUT2D eigenvalue weighted by Gasteiger charge is -2.12. The third kappa shape index (κ3) is 3.86. The summed E-state index contributed by atoms with van der Waals surface area (Å²) in [6.07, 6.45) is 1.58. The average molecular weight is 479 g/mol. The minimum absolute atomic E-state index is 0.137. The first-order valence-electron chi connectivity index (χ1n) is 8.31. The van der Waals surface area contributed by atoms with Crippen LogP contribution in [-0.2, 0) is 0 Å². The van der Waals surface area contributed by atoms with Crippen LogP contribution in [0.15, 0.2) is 51.5 Å². The number of amides is 1. The number of nitrogens with one attached hydrogen (secondary N) is 1. The summed E-state index contributed by atoms with van der Waals surface area (Å²) in [7, 11) is 0. The standard InChI is InChI=1S/C20H11BrClF2N3O2/c1-9-13(20-27-18-17(29-20)5-11(21)8-25-18)6-12(23)7-16(9)26-19(28)10-2-3-15(24)14(22)4-10/h2-8H,1H3,(H,26,28). The first-order valence-corrected chi connectivity index (χ1v) is 9.48. The summed E-state index contributed by atoms with van der Waals surface area (Å²) in [6, 6.07) is 7.72. The number of pyridine rings is 1. The third-order valence-electron chi connectivity index (χ3n) is 4.25. The number of aromatic nitrogens is 2. The molecule has 146 valence electrons. The Morgan fingerprint density at radius 2 is 2.00 bits per heavy atom. The van der Waals surface area contributed by atoms with E-state index in [9.17, 15) is 13.6 Å². The molecule has 0 fully saturated rings. The Hall–Kier alpha value is -2.84. The van der Waals surface area contributed by atoms with Crippen LogP contribution < -0.4 is 5.32 Å². The van der Waals surface area contributed by atoms with Crippen molar-refractivity contribution in [3.63, 3.8) is 0 Å². The van der Waals surface area contributed by atoms with E-state index in [0.717, 1.165) is 10.5 Å². The topological polar surface area (TPSA) is 68.0 Å². The monoisotopic (exact) mass is 477 g/mol. The van der Waals surface area contributed by atoms with Crippen LogP contribution in [0.4, 0.5) is 14.5 Å². The quantitative estimate of drug-likeness (QED) is 0.384. The van der Waals surface area contributed by atoms with Gasteiger partial charge in [0.05, 0.1) is 5.02 Å². The molecule has 0 spiro atoms. The van der Waals surface area contributed by atoms with E-state index in [0.29, 0.717) is 22.4 Å². The van der Waals surface area contributed by atoms with Crippen molar-refractivity contribution in [3.8, 4) is 11.5 Å². The van der Waals surface area contributed by atoms with Crippen molar-refractivity contribution in [1.29, 1.82) is 0 Å². The van der Waals surface area contributed by atoms with Gasteiger partial charge in [0.15, 0.2) is 11.2 Å². The molecule has 2 aromatic heterocycles. The fraction of sp³-hybridized carbons (Fsp3) is 0.0500. The van der Waals surface area contributed by atoms with Crippen molar-refractivity contribution < 1.29 is 18.0 Å². The predicted octanol–water partition coefficient (Wildman–Crippen LogP) is 6.14. The number of fused-ring (bicyclic) bond motifs is 1. The fourth-order valence-electron chi connectivity index (χ4n) is 2.77. The van der Waals surface area contributed by atoms with Gasteiger partial charge in [-0.2, -0.15) is 4.98 Å². The predicted molar refractivity (Wildman–Crippen MR) is 109 cm³/mol. The number of oxazole rings is 1. The number of anilines is 1. The number of rotatable bonds is 3. The molecule has 4 rings (SSSR count). The fourth-order valence-corrected chi connectivity index (χ4v) is 3.26. The van der Waals surface area contributed by atoms with E-state index in [2.05, 4.69) is 31.2 Å². The van der Waals surface area contributed by atoms with E-state index in [-0.39, 0.29) is 22.2 Å². The number of nitrogens with zero attached hydrogens (tertiary/aromatic N) is 2. The van der Waals surface area contributed by atoms with Crippen molar-refractivity contribution in [2.24, 2.45) is 0 Å². The van der Waals surface area contributed by atoms with Crippen LogP contribution in [0.2, 0.25) is 5.02 Å². The largest absolute Gasteiger partial charge is 0.434 e. The normalized spacial score (nSPS) is 11.1. The van der Waals surface area contributed by atoms with Crippen LogP contribution in [0.25, 0.3) is 22.7 Å². The SMILES string of the molecule is Cc1c(NC(=O)c2ccc(F)c(Cl)c2)cc(F)cc1-c1nc2ncc(Br)cc2o1. The van der Waals surface area contributed by atoms with Gasteiger partial charge in [0, 0.05) is 33.6 Å². The number of halogens is 4. The van der Waals surface area contributed by atoms with E-state index in [1.54, 1.807) is 19.2 Å². The molecule has 4 aromatic rings. The van der Waals surface area contributed by atoms with Gasteiger partial charge in [-0.25, -0.2) is 13.8 Å². The van der Waals surface area contributed by atoms with Gasteiger partial charge >= 0.3 is 0 Å². The highest BCUT2D eigenvalue weighted by Crippen LogP contribution is 2.32. The molecule has 9 heteroatoms. The molecule has 0 unspecified atom stereocenters. The molecule has 1 amide bonds. The van der Waals surface area contributed by atoms with Crippen molar-refractivity contribution in [2.45, 2.75) is 6.92 Å². The number of hydrogen-bond donors (Lipinski definition) is 1. The highest BCUT2D eigenvalue weighted by molar-refractivity contribution is 9.10. The Morgan fingerprint density at radius 1 is 1.21 bits per heavy atom. The molecule has 2 aromatic carbocycles. The Bertz CT molecular complexity index is 1280. The molecule has 29 heavy (non-hydrogen) atoms. The molecule has 0 aliphatic rings. The molecule has 0 saturated carbocycles. The van der Waals surface area contributed by atoms with Crippen LogP contribution in [0, 0.1) is 18.6 Å². The maximum absolute atomic E-state index is 14.3. The zero-order valence-electron chi connectivity index (χ0n) is 14.8. The lowest BCUT2D eigenvalue weighted by molar-refractivity contribution is 0.102. The average Bonchev–Trinajstić information content (AvgIpc) is 3.09.